The van der Waals surface area contributed by atoms with Crippen LogP contribution in [0.4, 0.5) is 15.6 Å². The highest BCUT2D eigenvalue weighted by atomic mass is 32.2. The van der Waals surface area contributed by atoms with Crippen LogP contribution in [0.5, 0.6) is 0 Å². The Balaban J connectivity index is 1.49. The first-order valence-electron chi connectivity index (χ1n) is 10.9. The molecule has 4 rings (SSSR count). The molecule has 0 aliphatic heterocycles. The lowest BCUT2D eigenvalue weighted by Crippen LogP contribution is -2.23. The number of thiazole rings is 1. The van der Waals surface area contributed by atoms with Gasteiger partial charge in [0, 0.05) is 24.5 Å². The molecule has 3 aromatic rings. The van der Waals surface area contributed by atoms with E-state index in [0.717, 1.165) is 31.9 Å². The average molecular weight is 533 g/mol. The first kappa shape index (κ1) is 25.2. The minimum absolute atomic E-state index is 0.0108. The van der Waals surface area contributed by atoms with Crippen LogP contribution < -0.4 is 15.4 Å². The van der Waals surface area contributed by atoms with Gasteiger partial charge in [-0.25, -0.2) is 27.9 Å². The Hall–Kier alpha value is -2.87. The molecular formula is C22H24N6O4S3. The van der Waals surface area contributed by atoms with Crippen molar-refractivity contribution in [2.24, 2.45) is 5.92 Å². The molecule has 3 N–H and O–H groups in total. The van der Waals surface area contributed by atoms with E-state index in [0.29, 0.717) is 26.2 Å². The molecule has 1 fully saturated rings. The van der Waals surface area contributed by atoms with Crippen LogP contribution in [0.1, 0.15) is 41.7 Å². The maximum absolute atomic E-state index is 12.9. The lowest BCUT2D eigenvalue weighted by Gasteiger charge is -2.13. The second kappa shape index (κ2) is 11.2. The van der Waals surface area contributed by atoms with Crippen molar-refractivity contribution in [1.82, 2.24) is 19.7 Å². The molecule has 13 heteroatoms. The summed E-state index contributed by atoms with van der Waals surface area (Å²) in [5, 5.41) is 6.40. The molecule has 35 heavy (non-hydrogen) atoms. The molecule has 10 nitrogen and oxygen atoms in total. The SMILES string of the molecule is CS(=O)(=O)NCc1nc(NC(=O)Nc2ccncc2C(=O)C2CCCC2)sc1Sc1ccccn1. The zero-order chi connectivity index (χ0) is 24.8. The quantitative estimate of drug-likeness (QED) is 0.349. The molecule has 0 aromatic carbocycles. The van der Waals surface area contributed by atoms with Crippen LogP contribution in [0.2, 0.25) is 0 Å². The fourth-order valence-corrected chi connectivity index (χ4v) is 6.10. The van der Waals surface area contributed by atoms with E-state index in [-0.39, 0.29) is 23.4 Å². The van der Waals surface area contributed by atoms with E-state index in [1.807, 2.05) is 12.1 Å². The molecule has 0 spiro atoms. The number of ketones is 1. The number of sulfonamides is 1. The van der Waals surface area contributed by atoms with Crippen LogP contribution in [0, 0.1) is 5.92 Å². The number of hydrogen-bond donors (Lipinski definition) is 3. The monoisotopic (exact) mass is 532 g/mol. The summed E-state index contributed by atoms with van der Waals surface area (Å²) in [4.78, 5) is 38.4. The van der Waals surface area contributed by atoms with E-state index in [9.17, 15) is 18.0 Å². The number of carbonyl (C=O) groups is 2. The smallest absolute Gasteiger partial charge is 0.307 e. The third-order valence-electron chi connectivity index (χ3n) is 5.28. The van der Waals surface area contributed by atoms with Gasteiger partial charge in [0.2, 0.25) is 10.0 Å². The highest BCUT2D eigenvalue weighted by Crippen LogP contribution is 2.36. The van der Waals surface area contributed by atoms with Gasteiger partial charge in [-0.3, -0.25) is 15.1 Å². The summed E-state index contributed by atoms with van der Waals surface area (Å²) in [6.45, 7) is -0.0296. The minimum Gasteiger partial charge on any atom is -0.307 e. The summed E-state index contributed by atoms with van der Waals surface area (Å²) in [6, 6.07) is 6.49. The van der Waals surface area contributed by atoms with Crippen LogP contribution in [0.25, 0.3) is 0 Å². The topological polar surface area (TPSA) is 143 Å². The number of pyridine rings is 2. The fourth-order valence-electron chi connectivity index (χ4n) is 3.64. The Morgan fingerprint density at radius 1 is 1.14 bits per heavy atom. The van der Waals surface area contributed by atoms with Crippen molar-refractivity contribution in [3.05, 3.63) is 54.1 Å². The van der Waals surface area contributed by atoms with Gasteiger partial charge in [-0.15, -0.1) is 0 Å². The Morgan fingerprint density at radius 3 is 2.66 bits per heavy atom. The normalized spacial score (nSPS) is 14.1. The van der Waals surface area contributed by atoms with E-state index in [2.05, 4.69) is 30.3 Å². The molecule has 2 amide bonds. The summed E-state index contributed by atoms with van der Waals surface area (Å²) in [7, 11) is -3.43. The molecule has 0 saturated heterocycles. The van der Waals surface area contributed by atoms with Crippen molar-refractivity contribution in [3.8, 4) is 0 Å². The molecule has 0 atom stereocenters. The Labute approximate surface area is 211 Å². The molecule has 3 heterocycles. The Kier molecular flexibility index (Phi) is 8.11. The van der Waals surface area contributed by atoms with Gasteiger partial charge in [-0.1, -0.05) is 42.0 Å². The number of nitrogens with one attached hydrogen (secondary N) is 3. The van der Waals surface area contributed by atoms with Gasteiger partial charge in [0.25, 0.3) is 0 Å². The van der Waals surface area contributed by atoms with Crippen molar-refractivity contribution in [3.63, 3.8) is 0 Å². The molecule has 0 radical (unpaired) electrons. The van der Waals surface area contributed by atoms with Crippen molar-refractivity contribution in [2.45, 2.75) is 41.5 Å². The van der Waals surface area contributed by atoms with Gasteiger partial charge in [0.05, 0.1) is 34.0 Å². The second-order valence-electron chi connectivity index (χ2n) is 7.96. The molecule has 1 aliphatic carbocycles. The number of hydrogen-bond acceptors (Lipinski definition) is 9. The van der Waals surface area contributed by atoms with Crippen LogP contribution in [-0.2, 0) is 16.6 Å². The third-order valence-corrected chi connectivity index (χ3v) is 8.13. The number of urea groups is 1. The summed E-state index contributed by atoms with van der Waals surface area (Å²) >= 11 is 2.52. The van der Waals surface area contributed by atoms with Crippen LogP contribution in [0.3, 0.4) is 0 Å². The van der Waals surface area contributed by atoms with Gasteiger partial charge < -0.3 is 5.32 Å². The van der Waals surface area contributed by atoms with Gasteiger partial charge in [0.15, 0.2) is 10.9 Å². The van der Waals surface area contributed by atoms with Crippen molar-refractivity contribution in [2.75, 3.05) is 16.9 Å². The van der Waals surface area contributed by atoms with E-state index in [1.165, 1.54) is 35.5 Å². The van der Waals surface area contributed by atoms with E-state index in [1.54, 1.807) is 18.3 Å². The number of nitrogens with zero attached hydrogens (tertiary/aromatic N) is 3. The van der Waals surface area contributed by atoms with Crippen LogP contribution in [-0.4, -0.2) is 41.4 Å². The summed E-state index contributed by atoms with van der Waals surface area (Å²) in [5.41, 5.74) is 1.23. The van der Waals surface area contributed by atoms with E-state index in [4.69, 9.17) is 0 Å². The molecule has 184 valence electrons. The lowest BCUT2D eigenvalue weighted by molar-refractivity contribution is 0.0923. The maximum Gasteiger partial charge on any atom is 0.325 e. The standard InChI is InChI=1S/C22H24N6O4S3/c1-35(31,32)25-13-17-20(33-18-8-4-5-10-24-18)34-22(27-17)28-21(30)26-16-9-11-23-12-15(16)19(29)14-6-2-3-7-14/h4-5,8-12,14,25H,2-3,6-7,13H2,1H3,(H2,23,26,27,28,30). The molecule has 3 aromatic heterocycles. The minimum atomic E-state index is -3.43. The summed E-state index contributed by atoms with van der Waals surface area (Å²) in [6.07, 6.45) is 9.47. The average Bonchev–Trinajstić information content (AvgIpc) is 3.48. The van der Waals surface area contributed by atoms with E-state index >= 15 is 0 Å². The highest BCUT2D eigenvalue weighted by molar-refractivity contribution is 8.01. The van der Waals surface area contributed by atoms with Gasteiger partial charge >= 0.3 is 6.03 Å². The number of aromatic nitrogens is 3. The summed E-state index contributed by atoms with van der Waals surface area (Å²) in [5.74, 6) is -0.0545. The molecule has 0 unspecified atom stereocenters. The molecule has 1 aliphatic rings. The lowest BCUT2D eigenvalue weighted by atomic mass is 9.96. The van der Waals surface area contributed by atoms with Crippen molar-refractivity contribution in [1.29, 1.82) is 0 Å². The largest absolute Gasteiger partial charge is 0.325 e. The first-order chi connectivity index (χ1) is 16.8. The Morgan fingerprint density at radius 2 is 1.94 bits per heavy atom. The maximum atomic E-state index is 12.9. The fraction of sp³-hybridized carbons (Fsp3) is 0.318. The summed E-state index contributed by atoms with van der Waals surface area (Å²) < 4.78 is 26.3. The molecular weight excluding hydrogens is 508 g/mol. The molecule has 1 saturated carbocycles. The number of carbonyl (C=O) groups excluding carboxylic acids is 2. The predicted octanol–water partition coefficient (Wildman–Crippen LogP) is 4.15. The predicted molar refractivity (Wildman–Crippen MR) is 135 cm³/mol. The van der Waals surface area contributed by atoms with Crippen LogP contribution in [0.15, 0.2) is 52.1 Å². The second-order valence-corrected chi connectivity index (χ2v) is 12.1. The van der Waals surface area contributed by atoms with Crippen LogP contribution >= 0.6 is 23.1 Å². The van der Waals surface area contributed by atoms with Crippen molar-refractivity contribution < 1.29 is 18.0 Å². The number of anilines is 2. The van der Waals surface area contributed by atoms with Gasteiger partial charge in [-0.05, 0) is 31.0 Å². The molecule has 0 bridgehead atoms. The van der Waals surface area contributed by atoms with Gasteiger partial charge in [0.1, 0.15) is 5.03 Å². The first-order valence-corrected chi connectivity index (χ1v) is 14.4. The number of Topliss-reactive ketones (excluding diaryl/α,β-unsaturated/α-hetero) is 1. The van der Waals surface area contributed by atoms with E-state index < -0.39 is 16.1 Å². The third kappa shape index (κ3) is 7.07. The van der Waals surface area contributed by atoms with Gasteiger partial charge in [-0.2, -0.15) is 0 Å². The number of rotatable bonds is 9. The van der Waals surface area contributed by atoms with Crippen molar-refractivity contribution >= 4 is 55.8 Å². The number of amides is 2. The Bertz CT molecular complexity index is 1310. The zero-order valence-corrected chi connectivity index (χ0v) is 21.3. The zero-order valence-electron chi connectivity index (χ0n) is 18.9. The highest BCUT2D eigenvalue weighted by Gasteiger charge is 2.26.